The molecule has 7 rings (SSSR count). The van der Waals surface area contributed by atoms with E-state index in [2.05, 4.69) is 24.9 Å². The van der Waals surface area contributed by atoms with E-state index >= 15 is 4.39 Å². The van der Waals surface area contributed by atoms with Crippen molar-refractivity contribution in [1.82, 2.24) is 20.1 Å². The van der Waals surface area contributed by atoms with Crippen molar-refractivity contribution >= 4 is 22.7 Å². The standard InChI is InChI=1S/C33H32F3N5O7/c1-3-46-29-18(14-26(37)42)13-25(39-28(29)17-4-7-22-23(11-17)48-33(35,36)47-22)32(44,31(34)8-9-31)16-38-30(43)19-10-20-15-41(21-5-6-21)40-27(20)24(12-19)45-2/h4,7,10-13,15,21,44H,3,5-6,8-9,14,16H2,1-2H3,(H2,37,42)(H,38,43)/t32-/m0/s1. The molecule has 252 valence electrons. The Hall–Kier alpha value is -5.05. The number of alkyl halides is 3. The number of methoxy groups -OCH3 is 1. The molecule has 0 radical (unpaired) electrons. The zero-order valence-corrected chi connectivity index (χ0v) is 26.0. The Labute approximate surface area is 271 Å². The van der Waals surface area contributed by atoms with Crippen LogP contribution in [0.5, 0.6) is 23.0 Å². The fraction of sp³-hybridized carbons (Fsp3) is 0.394. The predicted molar refractivity (Wildman–Crippen MR) is 164 cm³/mol. The number of fused-ring (bicyclic) bond motifs is 2. The second kappa shape index (κ2) is 11.3. The number of halogens is 3. The number of ether oxygens (including phenoxy) is 4. The van der Waals surface area contributed by atoms with Crippen molar-refractivity contribution in [2.45, 2.75) is 62.6 Å². The minimum absolute atomic E-state index is 0.00378. The number of carbonyl (C=O) groups is 2. The van der Waals surface area contributed by atoms with Crippen molar-refractivity contribution in [1.29, 1.82) is 0 Å². The zero-order chi connectivity index (χ0) is 34.0. The Kier molecular flexibility index (Phi) is 7.42. The third-order valence-electron chi connectivity index (χ3n) is 8.73. The van der Waals surface area contributed by atoms with Gasteiger partial charge in [-0.25, -0.2) is 9.37 Å². The monoisotopic (exact) mass is 667 g/mol. The van der Waals surface area contributed by atoms with Gasteiger partial charge in [-0.2, -0.15) is 5.10 Å². The van der Waals surface area contributed by atoms with Crippen LogP contribution in [0.15, 0.2) is 42.6 Å². The lowest BCUT2D eigenvalue weighted by Gasteiger charge is -2.33. The highest BCUT2D eigenvalue weighted by molar-refractivity contribution is 6.00. The summed E-state index contributed by atoms with van der Waals surface area (Å²) in [7, 11) is 1.47. The number of amides is 2. The van der Waals surface area contributed by atoms with Crippen LogP contribution < -0.4 is 30.0 Å². The maximum Gasteiger partial charge on any atom is 0.586 e. The van der Waals surface area contributed by atoms with Gasteiger partial charge in [0.25, 0.3) is 5.91 Å². The number of hydrogen-bond donors (Lipinski definition) is 3. The van der Waals surface area contributed by atoms with Gasteiger partial charge in [0.2, 0.25) is 5.91 Å². The van der Waals surface area contributed by atoms with Gasteiger partial charge < -0.3 is 35.1 Å². The lowest BCUT2D eigenvalue weighted by Crippen LogP contribution is -2.49. The van der Waals surface area contributed by atoms with E-state index in [4.69, 9.17) is 15.2 Å². The van der Waals surface area contributed by atoms with Gasteiger partial charge in [0, 0.05) is 28.3 Å². The Morgan fingerprint density at radius 1 is 1.15 bits per heavy atom. The first-order valence-corrected chi connectivity index (χ1v) is 15.5. The third kappa shape index (κ3) is 5.61. The lowest BCUT2D eigenvalue weighted by molar-refractivity contribution is -0.286. The number of benzene rings is 2. The molecule has 0 unspecified atom stereocenters. The molecule has 2 amide bonds. The molecule has 48 heavy (non-hydrogen) atoms. The van der Waals surface area contributed by atoms with Gasteiger partial charge in [-0.05, 0) is 69.0 Å². The van der Waals surface area contributed by atoms with Crippen LogP contribution in [0.3, 0.4) is 0 Å². The number of carbonyl (C=O) groups excluding carboxylic acids is 2. The number of primary amides is 1. The van der Waals surface area contributed by atoms with E-state index in [1.54, 1.807) is 13.0 Å². The van der Waals surface area contributed by atoms with Crippen molar-refractivity contribution in [3.05, 3.63) is 59.4 Å². The minimum Gasteiger partial charge on any atom is -0.494 e. The SMILES string of the molecule is CCOc1c(CC(N)=O)cc([C@@](O)(CNC(=O)c2cc(OC)c3nn(C4CC4)cc3c2)C2(F)CC2)nc1-c1ccc2c(c1)OC(F)(F)O2. The van der Waals surface area contributed by atoms with Crippen LogP contribution in [0.4, 0.5) is 13.2 Å². The van der Waals surface area contributed by atoms with Gasteiger partial charge >= 0.3 is 6.29 Å². The molecule has 4 aromatic rings. The number of nitrogens with zero attached hydrogens (tertiary/aromatic N) is 3. The van der Waals surface area contributed by atoms with Gasteiger partial charge in [-0.15, -0.1) is 8.78 Å². The van der Waals surface area contributed by atoms with Gasteiger partial charge in [-0.3, -0.25) is 14.3 Å². The molecule has 2 aromatic carbocycles. The molecule has 3 heterocycles. The number of pyridine rings is 1. The molecule has 4 N–H and O–H groups in total. The molecule has 2 aliphatic carbocycles. The van der Waals surface area contributed by atoms with E-state index in [1.165, 1.54) is 37.4 Å². The van der Waals surface area contributed by atoms with Crippen LogP contribution in [-0.2, 0) is 16.8 Å². The number of nitrogens with two attached hydrogens (primary N) is 1. The summed E-state index contributed by atoms with van der Waals surface area (Å²) in [6, 6.07) is 8.66. The first-order chi connectivity index (χ1) is 22.8. The average Bonchev–Trinajstić information content (AvgIpc) is 3.96. The molecule has 1 aliphatic heterocycles. The molecule has 0 bridgehead atoms. The Morgan fingerprint density at radius 3 is 2.56 bits per heavy atom. The third-order valence-corrected chi connectivity index (χ3v) is 8.73. The summed E-state index contributed by atoms with van der Waals surface area (Å²) < 4.78 is 66.1. The fourth-order valence-corrected chi connectivity index (χ4v) is 5.96. The quantitative estimate of drug-likeness (QED) is 0.200. The molecule has 0 spiro atoms. The van der Waals surface area contributed by atoms with E-state index in [-0.39, 0.29) is 71.2 Å². The van der Waals surface area contributed by atoms with Crippen LogP contribution in [0.1, 0.15) is 60.3 Å². The highest BCUT2D eigenvalue weighted by Gasteiger charge is 2.62. The second-order valence-corrected chi connectivity index (χ2v) is 12.2. The smallest absolute Gasteiger partial charge is 0.494 e. The first-order valence-electron chi connectivity index (χ1n) is 15.5. The molecule has 1 atom stereocenters. The average molecular weight is 668 g/mol. The van der Waals surface area contributed by atoms with Crippen molar-refractivity contribution in [3.63, 3.8) is 0 Å². The molecular formula is C33H32F3N5O7. The number of nitrogens with one attached hydrogen (secondary N) is 1. The number of aromatic nitrogens is 3. The molecule has 3 aliphatic rings. The summed E-state index contributed by atoms with van der Waals surface area (Å²) in [5.41, 5.74) is 1.90. The molecule has 12 nitrogen and oxygen atoms in total. The van der Waals surface area contributed by atoms with Gasteiger partial charge in [-0.1, -0.05) is 0 Å². The van der Waals surface area contributed by atoms with Crippen LogP contribution in [-0.4, -0.2) is 63.9 Å². The van der Waals surface area contributed by atoms with Crippen LogP contribution in [0.2, 0.25) is 0 Å². The number of rotatable bonds is 12. The normalized spacial score (nSPS) is 18.3. The summed E-state index contributed by atoms with van der Waals surface area (Å²) >= 11 is 0. The highest BCUT2D eigenvalue weighted by Crippen LogP contribution is 2.54. The number of hydrogen-bond acceptors (Lipinski definition) is 9. The lowest BCUT2D eigenvalue weighted by atomic mass is 9.88. The maximum atomic E-state index is 16.2. The van der Waals surface area contributed by atoms with E-state index in [9.17, 15) is 23.5 Å². The summed E-state index contributed by atoms with van der Waals surface area (Å²) in [6.45, 7) is 1.19. The second-order valence-electron chi connectivity index (χ2n) is 12.2. The molecule has 0 saturated heterocycles. The number of aliphatic hydroxyl groups is 1. The summed E-state index contributed by atoms with van der Waals surface area (Å²) in [4.78, 5) is 30.2. The van der Waals surface area contributed by atoms with Gasteiger partial charge in [0.15, 0.2) is 17.1 Å². The molecule has 2 fully saturated rings. The van der Waals surface area contributed by atoms with Gasteiger partial charge in [0.05, 0.1) is 38.4 Å². The zero-order valence-electron chi connectivity index (χ0n) is 26.0. The topological polar surface area (TPSA) is 160 Å². The maximum absolute atomic E-state index is 16.2. The first kappa shape index (κ1) is 31.5. The van der Waals surface area contributed by atoms with Crippen LogP contribution >= 0.6 is 0 Å². The summed E-state index contributed by atoms with van der Waals surface area (Å²) in [6.07, 6.45) is -0.460. The summed E-state index contributed by atoms with van der Waals surface area (Å²) in [5.74, 6) is -1.41. The van der Waals surface area contributed by atoms with E-state index in [1.807, 2.05) is 10.9 Å². The van der Waals surface area contributed by atoms with E-state index in [0.29, 0.717) is 22.7 Å². The van der Waals surface area contributed by atoms with Crippen molar-refractivity contribution in [2.75, 3.05) is 20.3 Å². The van der Waals surface area contributed by atoms with E-state index in [0.717, 1.165) is 12.8 Å². The Morgan fingerprint density at radius 2 is 1.90 bits per heavy atom. The van der Waals surface area contributed by atoms with Crippen molar-refractivity contribution < 1.29 is 46.8 Å². The Bertz CT molecular complexity index is 1960. The molecular weight excluding hydrogens is 635 g/mol. The van der Waals surface area contributed by atoms with E-state index < -0.39 is 35.9 Å². The molecule has 15 heteroatoms. The van der Waals surface area contributed by atoms with Crippen LogP contribution in [0, 0.1) is 0 Å². The van der Waals surface area contributed by atoms with Crippen molar-refractivity contribution in [3.8, 4) is 34.3 Å². The predicted octanol–water partition coefficient (Wildman–Crippen LogP) is 4.31. The van der Waals surface area contributed by atoms with Crippen LogP contribution in [0.25, 0.3) is 22.2 Å². The molecule has 2 saturated carbocycles. The van der Waals surface area contributed by atoms with Gasteiger partial charge in [0.1, 0.15) is 28.4 Å². The van der Waals surface area contributed by atoms with Crippen molar-refractivity contribution in [2.24, 2.45) is 5.73 Å². The largest absolute Gasteiger partial charge is 0.586 e. The molecule has 2 aromatic heterocycles. The fourth-order valence-electron chi connectivity index (χ4n) is 5.96. The highest BCUT2D eigenvalue weighted by atomic mass is 19.3. The summed E-state index contributed by atoms with van der Waals surface area (Å²) in [5, 5.41) is 20.0. The Balaban J connectivity index is 1.27. The minimum atomic E-state index is -3.88.